The average Bonchev–Trinajstić information content (AvgIpc) is 3.55. The van der Waals surface area contributed by atoms with Gasteiger partial charge in [-0.05, 0) is 104 Å². The minimum atomic E-state index is -0.587. The quantitative estimate of drug-likeness (QED) is 0.177. The number of hydrogen-bond donors (Lipinski definition) is 0. The summed E-state index contributed by atoms with van der Waals surface area (Å²) in [6.45, 7) is 0. The van der Waals surface area contributed by atoms with E-state index in [-0.39, 0.29) is 0 Å². The molecule has 1 aliphatic carbocycles. The molecule has 258 valence electrons. The average molecular weight is 702 g/mol. The summed E-state index contributed by atoms with van der Waals surface area (Å²) in [5.41, 5.74) is 14.9. The maximum Gasteiger partial charge on any atom is 0.132 e. The van der Waals surface area contributed by atoms with Gasteiger partial charge in [-0.3, -0.25) is 0 Å². The molecule has 0 saturated heterocycles. The van der Waals surface area contributed by atoms with Gasteiger partial charge in [0, 0.05) is 28.2 Å². The molecule has 9 aromatic carbocycles. The van der Waals surface area contributed by atoms with Crippen molar-refractivity contribution in [3.8, 4) is 44.9 Å². The van der Waals surface area contributed by atoms with Gasteiger partial charge in [-0.2, -0.15) is 0 Å². The van der Waals surface area contributed by atoms with Crippen molar-refractivity contribution < 1.29 is 4.74 Å². The van der Waals surface area contributed by atoms with Crippen LogP contribution in [0.5, 0.6) is 11.5 Å². The van der Waals surface area contributed by atoms with Crippen LogP contribution in [0, 0.1) is 0 Å². The van der Waals surface area contributed by atoms with E-state index in [0.29, 0.717) is 0 Å². The number of ether oxygens (including phenoxy) is 1. The lowest BCUT2D eigenvalue weighted by molar-refractivity contribution is 0.436. The van der Waals surface area contributed by atoms with Gasteiger partial charge >= 0.3 is 0 Å². The molecule has 2 aliphatic rings. The molecule has 1 aliphatic heterocycles. The lowest BCUT2D eigenvalue weighted by atomic mass is 9.66. The minimum Gasteiger partial charge on any atom is -0.457 e. The zero-order valence-electron chi connectivity index (χ0n) is 30.1. The van der Waals surface area contributed by atoms with Gasteiger partial charge in [0.2, 0.25) is 0 Å². The highest BCUT2D eigenvalue weighted by atomic mass is 16.5. The molecule has 0 aromatic heterocycles. The van der Waals surface area contributed by atoms with Crippen LogP contribution >= 0.6 is 0 Å². The Labute approximate surface area is 321 Å². The van der Waals surface area contributed by atoms with Gasteiger partial charge in [0.1, 0.15) is 11.5 Å². The minimum absolute atomic E-state index is 0.587. The van der Waals surface area contributed by atoms with E-state index in [1.165, 1.54) is 55.3 Å². The van der Waals surface area contributed by atoms with Gasteiger partial charge in [-0.15, -0.1) is 0 Å². The third kappa shape index (κ3) is 4.82. The molecule has 2 heteroatoms. The number of para-hydroxylation sites is 2. The van der Waals surface area contributed by atoms with Crippen molar-refractivity contribution in [3.05, 3.63) is 235 Å². The fraction of sp³-hybridized carbons (Fsp3) is 0.0189. The third-order valence-corrected chi connectivity index (χ3v) is 11.5. The maximum absolute atomic E-state index is 6.68. The van der Waals surface area contributed by atoms with Gasteiger partial charge < -0.3 is 9.64 Å². The first-order valence-corrected chi connectivity index (χ1v) is 18.9. The van der Waals surface area contributed by atoms with Gasteiger partial charge in [-0.25, -0.2) is 0 Å². The summed E-state index contributed by atoms with van der Waals surface area (Å²) in [5.74, 6) is 1.78. The molecule has 1 heterocycles. The van der Waals surface area contributed by atoms with Crippen molar-refractivity contribution in [1.29, 1.82) is 0 Å². The highest BCUT2D eigenvalue weighted by molar-refractivity contribution is 6.05. The predicted octanol–water partition coefficient (Wildman–Crippen LogP) is 14.1. The summed E-state index contributed by atoms with van der Waals surface area (Å²) in [6, 6.07) is 76.8. The molecule has 0 amide bonds. The molecule has 0 N–H and O–H groups in total. The Morgan fingerprint density at radius 1 is 0.345 bits per heavy atom. The molecular formula is C53H35NO. The smallest absolute Gasteiger partial charge is 0.132 e. The van der Waals surface area contributed by atoms with Crippen LogP contribution in [0.25, 0.3) is 44.2 Å². The zero-order valence-corrected chi connectivity index (χ0v) is 30.1. The standard InChI is InChI=1S/C53H35NO/c1-3-13-36(14-4-1)38-23-28-41(29-24-38)54(42-30-25-39(26-31-42)37-15-5-2-6-16-37)43-32-33-45-49(35-43)53(48-34-27-40-17-7-8-18-44(40)52(45)48)46-19-9-11-21-50(46)55-51-22-12-10-20-47(51)53/h1-35H. The summed E-state index contributed by atoms with van der Waals surface area (Å²) in [4.78, 5) is 2.40. The lowest BCUT2D eigenvalue weighted by Gasteiger charge is -2.39. The van der Waals surface area contributed by atoms with Gasteiger partial charge in [0.25, 0.3) is 0 Å². The van der Waals surface area contributed by atoms with Crippen molar-refractivity contribution >= 4 is 27.8 Å². The molecule has 11 rings (SSSR count). The summed E-state index contributed by atoms with van der Waals surface area (Å²) in [5, 5.41) is 2.50. The molecule has 0 unspecified atom stereocenters. The van der Waals surface area contributed by atoms with Gasteiger partial charge in [0.15, 0.2) is 0 Å². The van der Waals surface area contributed by atoms with Gasteiger partial charge in [0.05, 0.1) is 5.41 Å². The number of rotatable bonds is 5. The first kappa shape index (κ1) is 31.4. The molecule has 1 spiro atoms. The van der Waals surface area contributed by atoms with Crippen molar-refractivity contribution in [2.75, 3.05) is 4.90 Å². The van der Waals surface area contributed by atoms with E-state index in [2.05, 4.69) is 217 Å². The van der Waals surface area contributed by atoms with Crippen LogP contribution in [-0.2, 0) is 5.41 Å². The van der Waals surface area contributed by atoms with Crippen LogP contribution < -0.4 is 9.64 Å². The first-order valence-electron chi connectivity index (χ1n) is 18.9. The van der Waals surface area contributed by atoms with Crippen LogP contribution in [0.4, 0.5) is 17.1 Å². The van der Waals surface area contributed by atoms with Crippen molar-refractivity contribution in [2.45, 2.75) is 5.41 Å². The Morgan fingerprint density at radius 2 is 0.836 bits per heavy atom. The van der Waals surface area contributed by atoms with Crippen molar-refractivity contribution in [2.24, 2.45) is 0 Å². The Balaban J connectivity index is 1.17. The van der Waals surface area contributed by atoms with E-state index in [1.807, 2.05) is 0 Å². The monoisotopic (exact) mass is 701 g/mol. The fourth-order valence-corrected chi connectivity index (χ4v) is 9.11. The Bertz CT molecular complexity index is 2750. The van der Waals surface area contributed by atoms with Crippen LogP contribution in [0.15, 0.2) is 212 Å². The lowest BCUT2D eigenvalue weighted by Crippen LogP contribution is -2.32. The molecular weight excluding hydrogens is 667 g/mol. The van der Waals surface area contributed by atoms with Crippen LogP contribution in [0.2, 0.25) is 0 Å². The number of benzene rings is 9. The predicted molar refractivity (Wildman–Crippen MR) is 227 cm³/mol. The second kappa shape index (κ2) is 12.5. The highest BCUT2D eigenvalue weighted by Crippen LogP contribution is 2.63. The third-order valence-electron chi connectivity index (χ3n) is 11.5. The number of fused-ring (bicyclic) bond motifs is 11. The molecule has 0 bridgehead atoms. The fourth-order valence-electron chi connectivity index (χ4n) is 9.11. The normalized spacial score (nSPS) is 13.0. The molecule has 55 heavy (non-hydrogen) atoms. The maximum atomic E-state index is 6.68. The summed E-state index contributed by atoms with van der Waals surface area (Å²) >= 11 is 0. The topological polar surface area (TPSA) is 12.5 Å². The molecule has 2 nitrogen and oxygen atoms in total. The number of nitrogens with zero attached hydrogens (tertiary/aromatic N) is 1. The van der Waals surface area contributed by atoms with Gasteiger partial charge in [-0.1, -0.05) is 164 Å². The van der Waals surface area contributed by atoms with Crippen molar-refractivity contribution in [1.82, 2.24) is 0 Å². The summed E-state index contributed by atoms with van der Waals surface area (Å²) < 4.78 is 6.68. The molecule has 0 saturated carbocycles. The molecule has 0 atom stereocenters. The first-order chi connectivity index (χ1) is 27.3. The second-order valence-corrected chi connectivity index (χ2v) is 14.4. The number of anilines is 3. The number of hydrogen-bond acceptors (Lipinski definition) is 2. The second-order valence-electron chi connectivity index (χ2n) is 14.4. The van der Waals surface area contributed by atoms with Crippen molar-refractivity contribution in [3.63, 3.8) is 0 Å². The molecule has 0 radical (unpaired) electrons. The van der Waals surface area contributed by atoms with Crippen LogP contribution in [0.3, 0.4) is 0 Å². The van der Waals surface area contributed by atoms with E-state index in [0.717, 1.165) is 39.7 Å². The Kier molecular flexibility index (Phi) is 7.11. The zero-order chi connectivity index (χ0) is 36.3. The van der Waals surface area contributed by atoms with E-state index >= 15 is 0 Å². The molecule has 9 aromatic rings. The Hall–Kier alpha value is -7.16. The SMILES string of the molecule is c1ccc(-c2ccc(N(c3ccc(-c4ccccc4)cc3)c3ccc4c(c3)C3(c5ccccc5Oc5ccccc53)c3ccc5ccccc5c3-4)cc2)cc1. The van der Waals surface area contributed by atoms with Crippen LogP contribution in [-0.4, -0.2) is 0 Å². The van der Waals surface area contributed by atoms with E-state index in [4.69, 9.17) is 4.74 Å². The molecule has 0 fully saturated rings. The largest absolute Gasteiger partial charge is 0.457 e. The summed E-state index contributed by atoms with van der Waals surface area (Å²) in [6.07, 6.45) is 0. The Morgan fingerprint density at radius 3 is 1.44 bits per heavy atom. The van der Waals surface area contributed by atoms with E-state index in [9.17, 15) is 0 Å². The van der Waals surface area contributed by atoms with E-state index in [1.54, 1.807) is 0 Å². The summed E-state index contributed by atoms with van der Waals surface area (Å²) in [7, 11) is 0. The van der Waals surface area contributed by atoms with Crippen LogP contribution in [0.1, 0.15) is 22.3 Å². The highest BCUT2D eigenvalue weighted by Gasteiger charge is 2.51. The van der Waals surface area contributed by atoms with E-state index < -0.39 is 5.41 Å².